The molecular formula is C25H15BrN4O5. The molecule has 1 aliphatic heterocycles. The molecule has 0 fully saturated rings. The number of imide groups is 1. The minimum absolute atomic E-state index is 0.296. The van der Waals surface area contributed by atoms with Crippen LogP contribution in [0.15, 0.2) is 67.7 Å². The first-order valence-corrected chi connectivity index (χ1v) is 11.5. The molecule has 0 saturated heterocycles. The molecule has 2 heterocycles. The molecule has 172 valence electrons. The lowest BCUT2D eigenvalue weighted by Crippen LogP contribution is -2.37. The molecule has 35 heavy (non-hydrogen) atoms. The smallest absolute Gasteiger partial charge is 0.335 e. The quantitative estimate of drug-likeness (QED) is 0.311. The summed E-state index contributed by atoms with van der Waals surface area (Å²) in [6, 6.07) is 13.6. The van der Waals surface area contributed by atoms with E-state index in [1.807, 2.05) is 12.1 Å². The number of aromatic hydroxyl groups is 1. The maximum absolute atomic E-state index is 13.2. The Morgan fingerprint density at radius 1 is 0.857 bits per heavy atom. The van der Waals surface area contributed by atoms with Gasteiger partial charge in [-0.2, -0.15) is 10.1 Å². The van der Waals surface area contributed by atoms with Gasteiger partial charge in [0.1, 0.15) is 5.56 Å². The molecule has 0 bridgehead atoms. The number of hydrogen-bond donors (Lipinski definition) is 2. The van der Waals surface area contributed by atoms with Gasteiger partial charge in [-0.1, -0.05) is 28.1 Å². The van der Waals surface area contributed by atoms with Gasteiger partial charge in [0, 0.05) is 9.86 Å². The third-order valence-corrected chi connectivity index (χ3v) is 6.88. The van der Waals surface area contributed by atoms with Crippen molar-refractivity contribution in [1.82, 2.24) is 14.6 Å². The monoisotopic (exact) mass is 530 g/mol. The highest BCUT2D eigenvalue weighted by molar-refractivity contribution is 9.10. The molecule has 10 heteroatoms. The summed E-state index contributed by atoms with van der Waals surface area (Å²) in [5.41, 5.74) is 1.04. The Labute approximate surface area is 205 Å². The molecule has 4 aromatic rings. The van der Waals surface area contributed by atoms with Crippen LogP contribution in [0.3, 0.4) is 0 Å². The molecule has 1 aliphatic carbocycles. The van der Waals surface area contributed by atoms with E-state index < -0.39 is 28.9 Å². The summed E-state index contributed by atoms with van der Waals surface area (Å²) in [6.45, 7) is 0. The third-order valence-electron chi connectivity index (χ3n) is 6.35. The van der Waals surface area contributed by atoms with Crippen molar-refractivity contribution in [3.8, 4) is 11.6 Å². The maximum atomic E-state index is 13.2. The number of hydrazone groups is 1. The summed E-state index contributed by atoms with van der Waals surface area (Å²) in [4.78, 5) is 53.4. The van der Waals surface area contributed by atoms with Gasteiger partial charge < -0.3 is 5.11 Å². The molecule has 2 amide bonds. The average molecular weight is 531 g/mol. The number of hydrogen-bond acceptors (Lipinski definition) is 6. The van der Waals surface area contributed by atoms with Crippen LogP contribution in [0.1, 0.15) is 37.4 Å². The van der Waals surface area contributed by atoms with Gasteiger partial charge in [0.2, 0.25) is 5.88 Å². The van der Waals surface area contributed by atoms with Crippen LogP contribution in [0.5, 0.6) is 5.88 Å². The molecular weight excluding hydrogens is 516 g/mol. The van der Waals surface area contributed by atoms with Crippen molar-refractivity contribution in [2.45, 2.75) is 12.8 Å². The summed E-state index contributed by atoms with van der Waals surface area (Å²) >= 11 is 3.30. The minimum Gasteiger partial charge on any atom is -0.493 e. The summed E-state index contributed by atoms with van der Waals surface area (Å²) in [5, 5.41) is 16.9. The molecule has 2 N–H and O–H groups in total. The normalized spacial score (nSPS) is 14.5. The zero-order valence-corrected chi connectivity index (χ0v) is 19.5. The largest absolute Gasteiger partial charge is 0.493 e. The van der Waals surface area contributed by atoms with Crippen molar-refractivity contribution < 1.29 is 14.7 Å². The summed E-state index contributed by atoms with van der Waals surface area (Å²) < 4.78 is 1.65. The second kappa shape index (κ2) is 7.60. The first-order chi connectivity index (χ1) is 16.8. The van der Waals surface area contributed by atoms with Crippen molar-refractivity contribution in [2.24, 2.45) is 5.10 Å². The highest BCUT2D eigenvalue weighted by Gasteiger charge is 2.35. The summed E-state index contributed by atoms with van der Waals surface area (Å²) in [6.07, 6.45) is 2.62. The number of benzene rings is 3. The van der Waals surface area contributed by atoms with E-state index in [-0.39, 0.29) is 5.56 Å². The first kappa shape index (κ1) is 21.2. The van der Waals surface area contributed by atoms with E-state index in [4.69, 9.17) is 0 Å². The van der Waals surface area contributed by atoms with E-state index in [2.05, 4.69) is 26.0 Å². The fourth-order valence-corrected chi connectivity index (χ4v) is 4.98. The van der Waals surface area contributed by atoms with Gasteiger partial charge in [0.15, 0.2) is 0 Å². The summed E-state index contributed by atoms with van der Waals surface area (Å²) in [5.74, 6) is -1.94. The Morgan fingerprint density at radius 2 is 1.46 bits per heavy atom. The highest BCUT2D eigenvalue weighted by Crippen LogP contribution is 2.38. The fourth-order valence-electron chi connectivity index (χ4n) is 4.71. The van der Waals surface area contributed by atoms with Crippen LogP contribution >= 0.6 is 15.9 Å². The number of carbonyl (C=O) groups excluding carboxylic acids is 2. The van der Waals surface area contributed by atoms with Crippen molar-refractivity contribution in [1.29, 1.82) is 0 Å². The van der Waals surface area contributed by atoms with Crippen LogP contribution in [0.25, 0.3) is 16.5 Å². The van der Waals surface area contributed by atoms with Crippen molar-refractivity contribution in [2.75, 3.05) is 0 Å². The Bertz CT molecular complexity index is 1690. The first-order valence-electron chi connectivity index (χ1n) is 10.7. The molecule has 1 aromatic heterocycles. The average Bonchev–Trinajstić information content (AvgIpc) is 3.26. The number of rotatable bonds is 3. The number of nitrogens with zero attached hydrogens (tertiary/aromatic N) is 3. The molecule has 0 radical (unpaired) electrons. The Kier molecular flexibility index (Phi) is 4.61. The fraction of sp³-hybridized carbons (Fsp3) is 0.0800. The third kappa shape index (κ3) is 3.10. The van der Waals surface area contributed by atoms with Crippen molar-refractivity contribution in [3.63, 3.8) is 0 Å². The number of aryl methyl sites for hydroxylation is 2. The molecule has 2 aliphatic rings. The number of H-pyrrole nitrogens is 1. The highest BCUT2D eigenvalue weighted by atomic mass is 79.9. The molecule has 0 atom stereocenters. The standard InChI is InChI=1S/C25H15BrN4O5/c26-14-5-7-15(8-6-14)29-22(32)18(21(31)28-25(29)35)11-27-30-23(33)16-9-3-12-1-2-13-4-10-17(24(30)34)20(16)19(12)13/h3-11,32H,1-2H2,(H,28,31,35). The lowest BCUT2D eigenvalue weighted by Gasteiger charge is -2.23. The molecule has 0 spiro atoms. The van der Waals surface area contributed by atoms with Gasteiger partial charge >= 0.3 is 5.69 Å². The Hall–Kier alpha value is -4.31. The molecule has 0 unspecified atom stereocenters. The number of aromatic nitrogens is 2. The molecule has 6 rings (SSSR count). The number of halogens is 1. The van der Waals surface area contributed by atoms with E-state index in [9.17, 15) is 24.3 Å². The SMILES string of the molecule is O=C1c2ccc3c4c(ccc(c24)C(=O)N1N=Cc1c(O)n(-c2ccc(Br)cc2)c(=O)[nH]c1=O)CC3. The van der Waals surface area contributed by atoms with Crippen LogP contribution in [-0.2, 0) is 12.8 Å². The molecule has 3 aromatic carbocycles. The van der Waals surface area contributed by atoms with E-state index >= 15 is 0 Å². The van der Waals surface area contributed by atoms with Crippen LogP contribution in [-0.4, -0.2) is 37.7 Å². The Morgan fingerprint density at radius 3 is 2.06 bits per heavy atom. The molecule has 0 saturated carbocycles. The van der Waals surface area contributed by atoms with Gasteiger partial charge in [-0.25, -0.2) is 9.36 Å². The zero-order valence-electron chi connectivity index (χ0n) is 17.9. The van der Waals surface area contributed by atoms with Crippen LogP contribution < -0.4 is 11.2 Å². The maximum Gasteiger partial charge on any atom is 0.335 e. The van der Waals surface area contributed by atoms with Gasteiger partial charge in [0.25, 0.3) is 17.4 Å². The van der Waals surface area contributed by atoms with Crippen molar-refractivity contribution in [3.05, 3.63) is 102 Å². The van der Waals surface area contributed by atoms with E-state index in [1.165, 1.54) is 0 Å². The predicted octanol–water partition coefficient (Wildman–Crippen LogP) is 2.88. The second-order valence-corrected chi connectivity index (χ2v) is 9.19. The van der Waals surface area contributed by atoms with Gasteiger partial charge in [0.05, 0.1) is 23.0 Å². The van der Waals surface area contributed by atoms with Crippen LogP contribution in [0.4, 0.5) is 0 Å². The summed E-state index contributed by atoms with van der Waals surface area (Å²) in [7, 11) is 0. The van der Waals surface area contributed by atoms with E-state index in [0.29, 0.717) is 27.2 Å². The lowest BCUT2D eigenvalue weighted by atomic mass is 9.92. The number of amides is 2. The zero-order chi connectivity index (χ0) is 24.4. The van der Waals surface area contributed by atoms with Crippen LogP contribution in [0.2, 0.25) is 0 Å². The number of nitrogens with one attached hydrogen (secondary N) is 1. The Balaban J connectivity index is 1.45. The van der Waals surface area contributed by atoms with Gasteiger partial charge in [-0.05, 0) is 65.8 Å². The topological polar surface area (TPSA) is 125 Å². The lowest BCUT2D eigenvalue weighted by molar-refractivity contribution is 0.0616. The van der Waals surface area contributed by atoms with E-state index in [1.54, 1.807) is 36.4 Å². The predicted molar refractivity (Wildman–Crippen MR) is 131 cm³/mol. The molecule has 9 nitrogen and oxygen atoms in total. The number of aromatic amines is 1. The van der Waals surface area contributed by atoms with Crippen molar-refractivity contribution >= 4 is 44.7 Å². The minimum atomic E-state index is -0.913. The van der Waals surface area contributed by atoms with Gasteiger partial charge in [-0.3, -0.25) is 19.4 Å². The van der Waals surface area contributed by atoms with Gasteiger partial charge in [-0.15, -0.1) is 0 Å². The second-order valence-electron chi connectivity index (χ2n) is 8.27. The number of carbonyl (C=O) groups is 2. The van der Waals surface area contributed by atoms with Crippen LogP contribution in [0, 0.1) is 0 Å². The van der Waals surface area contributed by atoms with E-state index in [0.717, 1.165) is 44.6 Å².